The van der Waals surface area contributed by atoms with Gasteiger partial charge in [0.05, 0.1) is 5.69 Å². The number of alkyl halides is 2. The fraction of sp³-hybridized carbons (Fsp3) is 0.286. The number of halogens is 3. The normalized spacial score (nSPS) is 11.7. The fourth-order valence-corrected chi connectivity index (χ4v) is 0.844. The van der Waals surface area contributed by atoms with Crippen LogP contribution in [0.1, 0.15) is 12.6 Å². The zero-order valence-electron chi connectivity index (χ0n) is 6.31. The van der Waals surface area contributed by atoms with Gasteiger partial charge in [0.2, 0.25) is 0 Å². The zero-order valence-corrected chi connectivity index (χ0v) is 7.07. The van der Waals surface area contributed by atoms with E-state index in [1.807, 2.05) is 0 Å². The Balaban J connectivity index is 3.14. The van der Waals surface area contributed by atoms with Crippen LogP contribution in [0.4, 0.5) is 14.5 Å². The standard InChI is InChI=1S/C7H7ClF2N2/c1-7(9,10)5-3-2-4(11)6(8)12-5/h2-3H,11H2,1H3. The van der Waals surface area contributed by atoms with Gasteiger partial charge in [-0.3, -0.25) is 0 Å². The van der Waals surface area contributed by atoms with Crippen molar-refractivity contribution in [3.8, 4) is 0 Å². The second-order valence-electron chi connectivity index (χ2n) is 2.46. The molecular weight excluding hydrogens is 186 g/mol. The van der Waals surface area contributed by atoms with Gasteiger partial charge in [-0.1, -0.05) is 11.6 Å². The summed E-state index contributed by atoms with van der Waals surface area (Å²) in [5, 5.41) is -0.0889. The van der Waals surface area contributed by atoms with Gasteiger partial charge in [0, 0.05) is 6.92 Å². The minimum atomic E-state index is -2.97. The Bertz CT molecular complexity index is 296. The number of hydrogen-bond acceptors (Lipinski definition) is 2. The number of nitrogens with zero attached hydrogens (tertiary/aromatic N) is 1. The molecule has 5 heteroatoms. The highest BCUT2D eigenvalue weighted by atomic mass is 35.5. The Morgan fingerprint density at radius 1 is 1.50 bits per heavy atom. The third-order valence-electron chi connectivity index (χ3n) is 1.33. The molecule has 0 saturated heterocycles. The van der Waals surface area contributed by atoms with Gasteiger partial charge in [0.15, 0.2) is 5.15 Å². The Labute approximate surface area is 73.4 Å². The van der Waals surface area contributed by atoms with E-state index in [0.717, 1.165) is 13.0 Å². The summed E-state index contributed by atoms with van der Waals surface area (Å²) in [4.78, 5) is 3.43. The monoisotopic (exact) mass is 192 g/mol. The number of nitrogen functional groups attached to an aromatic ring is 1. The quantitative estimate of drug-likeness (QED) is 0.694. The molecule has 1 aromatic rings. The molecule has 0 atom stereocenters. The minimum absolute atomic E-state index is 0.0889. The van der Waals surface area contributed by atoms with Crippen molar-refractivity contribution in [2.75, 3.05) is 5.73 Å². The van der Waals surface area contributed by atoms with E-state index in [-0.39, 0.29) is 16.5 Å². The number of rotatable bonds is 1. The maximum Gasteiger partial charge on any atom is 0.287 e. The van der Waals surface area contributed by atoms with E-state index in [9.17, 15) is 8.78 Å². The van der Waals surface area contributed by atoms with E-state index in [4.69, 9.17) is 17.3 Å². The zero-order chi connectivity index (χ0) is 9.35. The van der Waals surface area contributed by atoms with Gasteiger partial charge in [-0.05, 0) is 12.1 Å². The SMILES string of the molecule is CC(F)(F)c1ccc(N)c(Cl)n1. The summed E-state index contributed by atoms with van der Waals surface area (Å²) in [6.07, 6.45) is 0. The van der Waals surface area contributed by atoms with Crippen LogP contribution >= 0.6 is 11.6 Å². The van der Waals surface area contributed by atoms with Crippen molar-refractivity contribution >= 4 is 17.3 Å². The van der Waals surface area contributed by atoms with Gasteiger partial charge in [-0.2, -0.15) is 8.78 Å². The van der Waals surface area contributed by atoms with Crippen molar-refractivity contribution in [3.05, 3.63) is 23.0 Å². The van der Waals surface area contributed by atoms with Gasteiger partial charge in [-0.25, -0.2) is 4.98 Å². The van der Waals surface area contributed by atoms with Crippen LogP contribution in [0, 0.1) is 0 Å². The van der Waals surface area contributed by atoms with Crippen molar-refractivity contribution in [3.63, 3.8) is 0 Å². The van der Waals surface area contributed by atoms with Crippen LogP contribution in [0.15, 0.2) is 12.1 Å². The van der Waals surface area contributed by atoms with Gasteiger partial charge in [-0.15, -0.1) is 0 Å². The molecule has 12 heavy (non-hydrogen) atoms. The Hall–Kier alpha value is -0.900. The van der Waals surface area contributed by atoms with Gasteiger partial charge in [0.1, 0.15) is 5.69 Å². The van der Waals surface area contributed by atoms with Crippen molar-refractivity contribution in [1.29, 1.82) is 0 Å². The molecule has 0 saturated carbocycles. The number of nitrogens with two attached hydrogens (primary N) is 1. The average Bonchev–Trinajstić information content (AvgIpc) is 1.92. The van der Waals surface area contributed by atoms with Crippen molar-refractivity contribution < 1.29 is 8.78 Å². The van der Waals surface area contributed by atoms with Crippen molar-refractivity contribution in [1.82, 2.24) is 4.98 Å². The van der Waals surface area contributed by atoms with Crippen LogP contribution in [0.2, 0.25) is 5.15 Å². The van der Waals surface area contributed by atoms with E-state index in [1.165, 1.54) is 6.07 Å². The molecule has 0 aliphatic heterocycles. The third-order valence-corrected chi connectivity index (χ3v) is 1.63. The average molecular weight is 193 g/mol. The van der Waals surface area contributed by atoms with E-state index >= 15 is 0 Å². The maximum atomic E-state index is 12.6. The summed E-state index contributed by atoms with van der Waals surface area (Å²) in [5.74, 6) is -2.97. The lowest BCUT2D eigenvalue weighted by atomic mass is 10.2. The first-order valence-corrected chi connectivity index (χ1v) is 3.59. The van der Waals surface area contributed by atoms with E-state index in [1.54, 1.807) is 0 Å². The Morgan fingerprint density at radius 3 is 2.50 bits per heavy atom. The van der Waals surface area contributed by atoms with Crippen molar-refractivity contribution in [2.45, 2.75) is 12.8 Å². The van der Waals surface area contributed by atoms with Crippen molar-refractivity contribution in [2.24, 2.45) is 0 Å². The molecule has 0 fully saturated rings. The van der Waals surface area contributed by atoms with E-state index in [2.05, 4.69) is 4.98 Å². The molecule has 0 radical (unpaired) electrons. The predicted octanol–water partition coefficient (Wildman–Crippen LogP) is 2.43. The number of aromatic nitrogens is 1. The maximum absolute atomic E-state index is 12.6. The highest BCUT2D eigenvalue weighted by molar-refractivity contribution is 6.31. The first kappa shape index (κ1) is 9.19. The van der Waals surface area contributed by atoms with Gasteiger partial charge >= 0.3 is 0 Å². The molecule has 0 spiro atoms. The first-order valence-electron chi connectivity index (χ1n) is 3.21. The molecule has 1 rings (SSSR count). The van der Waals surface area contributed by atoms with Crippen LogP contribution in [-0.2, 0) is 5.92 Å². The number of hydrogen-bond donors (Lipinski definition) is 1. The molecule has 1 aromatic heterocycles. The molecule has 0 bridgehead atoms. The second-order valence-corrected chi connectivity index (χ2v) is 2.82. The summed E-state index contributed by atoms with van der Waals surface area (Å²) in [6.45, 7) is 0.752. The largest absolute Gasteiger partial charge is 0.396 e. The fourth-order valence-electron chi connectivity index (χ4n) is 0.690. The third kappa shape index (κ3) is 1.82. The second kappa shape index (κ2) is 2.86. The van der Waals surface area contributed by atoms with Crippen LogP contribution < -0.4 is 5.73 Å². The van der Waals surface area contributed by atoms with E-state index < -0.39 is 5.92 Å². The van der Waals surface area contributed by atoms with E-state index in [0.29, 0.717) is 0 Å². The molecule has 0 aromatic carbocycles. The first-order chi connectivity index (χ1) is 5.41. The topological polar surface area (TPSA) is 38.9 Å². The number of pyridine rings is 1. The van der Waals surface area contributed by atoms with Crippen LogP contribution in [-0.4, -0.2) is 4.98 Å². The summed E-state index contributed by atoms with van der Waals surface area (Å²) < 4.78 is 25.2. The van der Waals surface area contributed by atoms with Crippen LogP contribution in [0.3, 0.4) is 0 Å². The summed E-state index contributed by atoms with van der Waals surface area (Å²) >= 11 is 5.45. The molecule has 66 valence electrons. The summed E-state index contributed by atoms with van der Waals surface area (Å²) in [7, 11) is 0. The molecule has 2 N–H and O–H groups in total. The lowest BCUT2D eigenvalue weighted by Crippen LogP contribution is -2.10. The Morgan fingerprint density at radius 2 is 2.08 bits per heavy atom. The van der Waals surface area contributed by atoms with Crippen LogP contribution in [0.5, 0.6) is 0 Å². The molecule has 0 amide bonds. The number of anilines is 1. The smallest absolute Gasteiger partial charge is 0.287 e. The lowest BCUT2D eigenvalue weighted by molar-refractivity contribution is 0.0128. The molecule has 2 nitrogen and oxygen atoms in total. The van der Waals surface area contributed by atoms with Gasteiger partial charge in [0.25, 0.3) is 5.92 Å². The minimum Gasteiger partial charge on any atom is -0.396 e. The highest BCUT2D eigenvalue weighted by Crippen LogP contribution is 2.27. The molecular formula is C7H7ClF2N2. The summed E-state index contributed by atoms with van der Waals surface area (Å²) in [6, 6.07) is 2.46. The van der Waals surface area contributed by atoms with Gasteiger partial charge < -0.3 is 5.73 Å². The lowest BCUT2D eigenvalue weighted by Gasteiger charge is -2.09. The highest BCUT2D eigenvalue weighted by Gasteiger charge is 2.26. The van der Waals surface area contributed by atoms with Crippen LogP contribution in [0.25, 0.3) is 0 Å². The molecule has 0 aliphatic rings. The molecule has 1 heterocycles. The summed E-state index contributed by atoms with van der Waals surface area (Å²) in [5.41, 5.74) is 5.12. The molecule has 0 aliphatic carbocycles. The Kier molecular flexibility index (Phi) is 2.19. The predicted molar refractivity (Wildman–Crippen MR) is 43.2 cm³/mol. The molecule has 0 unspecified atom stereocenters.